The SMILES string of the molecule is CC(C)C(N)C(=O)OC1CCCC1.Cl. The summed E-state index contributed by atoms with van der Waals surface area (Å²) < 4.78 is 5.27. The lowest BCUT2D eigenvalue weighted by Gasteiger charge is -2.17. The van der Waals surface area contributed by atoms with Crippen LogP contribution in [0.25, 0.3) is 0 Å². The summed E-state index contributed by atoms with van der Waals surface area (Å²) in [5.74, 6) is -0.0733. The van der Waals surface area contributed by atoms with Crippen LogP contribution < -0.4 is 5.73 Å². The molecular weight excluding hydrogens is 202 g/mol. The summed E-state index contributed by atoms with van der Waals surface area (Å²) in [5, 5.41) is 0. The molecule has 1 atom stereocenters. The van der Waals surface area contributed by atoms with Crippen molar-refractivity contribution in [1.82, 2.24) is 0 Å². The molecule has 1 fully saturated rings. The molecule has 1 saturated carbocycles. The highest BCUT2D eigenvalue weighted by Gasteiger charge is 2.24. The highest BCUT2D eigenvalue weighted by atomic mass is 35.5. The van der Waals surface area contributed by atoms with Gasteiger partial charge < -0.3 is 10.5 Å². The second-order valence-corrected chi connectivity index (χ2v) is 4.11. The summed E-state index contributed by atoms with van der Waals surface area (Å²) in [6, 6.07) is -0.458. The van der Waals surface area contributed by atoms with Crippen molar-refractivity contribution in [2.45, 2.75) is 51.7 Å². The van der Waals surface area contributed by atoms with Crippen LogP contribution in [-0.4, -0.2) is 18.1 Å². The maximum atomic E-state index is 11.4. The van der Waals surface area contributed by atoms with E-state index >= 15 is 0 Å². The number of ether oxygens (including phenoxy) is 1. The quantitative estimate of drug-likeness (QED) is 0.741. The first-order valence-electron chi connectivity index (χ1n) is 5.07. The van der Waals surface area contributed by atoms with Crippen LogP contribution in [-0.2, 0) is 9.53 Å². The zero-order chi connectivity index (χ0) is 9.84. The second-order valence-electron chi connectivity index (χ2n) is 4.11. The van der Waals surface area contributed by atoms with Gasteiger partial charge in [0.25, 0.3) is 0 Å². The number of hydrogen-bond acceptors (Lipinski definition) is 3. The van der Waals surface area contributed by atoms with Gasteiger partial charge in [-0.05, 0) is 31.6 Å². The van der Waals surface area contributed by atoms with Gasteiger partial charge in [-0.15, -0.1) is 12.4 Å². The van der Waals surface area contributed by atoms with E-state index in [-0.39, 0.29) is 30.4 Å². The Hall–Kier alpha value is -0.280. The van der Waals surface area contributed by atoms with Crippen LogP contribution in [0.5, 0.6) is 0 Å². The average molecular weight is 222 g/mol. The van der Waals surface area contributed by atoms with Crippen molar-refractivity contribution in [2.75, 3.05) is 0 Å². The maximum absolute atomic E-state index is 11.4. The number of carbonyl (C=O) groups is 1. The third kappa shape index (κ3) is 3.84. The van der Waals surface area contributed by atoms with Crippen LogP contribution in [0.4, 0.5) is 0 Å². The summed E-state index contributed by atoms with van der Waals surface area (Å²) in [7, 11) is 0. The Labute approximate surface area is 91.8 Å². The fourth-order valence-corrected chi connectivity index (χ4v) is 1.52. The van der Waals surface area contributed by atoms with Crippen molar-refractivity contribution < 1.29 is 9.53 Å². The lowest BCUT2D eigenvalue weighted by molar-refractivity contribution is -0.151. The van der Waals surface area contributed by atoms with Crippen molar-refractivity contribution >= 4 is 18.4 Å². The molecule has 0 spiro atoms. The fraction of sp³-hybridized carbons (Fsp3) is 0.900. The first-order chi connectivity index (χ1) is 6.11. The van der Waals surface area contributed by atoms with Crippen LogP contribution in [0.1, 0.15) is 39.5 Å². The molecule has 1 aliphatic rings. The normalized spacial score (nSPS) is 19.1. The molecule has 4 heteroatoms. The second kappa shape index (κ2) is 6.25. The van der Waals surface area contributed by atoms with E-state index < -0.39 is 6.04 Å². The molecule has 2 N–H and O–H groups in total. The number of nitrogens with two attached hydrogens (primary N) is 1. The van der Waals surface area contributed by atoms with E-state index in [4.69, 9.17) is 10.5 Å². The maximum Gasteiger partial charge on any atom is 0.323 e. The Morgan fingerprint density at radius 3 is 2.29 bits per heavy atom. The van der Waals surface area contributed by atoms with Crippen molar-refractivity contribution in [3.05, 3.63) is 0 Å². The fourth-order valence-electron chi connectivity index (χ4n) is 1.52. The number of halogens is 1. The highest BCUT2D eigenvalue weighted by molar-refractivity contribution is 5.85. The molecule has 1 unspecified atom stereocenters. The van der Waals surface area contributed by atoms with Crippen LogP contribution in [0.3, 0.4) is 0 Å². The van der Waals surface area contributed by atoms with E-state index in [2.05, 4.69) is 0 Å². The van der Waals surface area contributed by atoms with Gasteiger partial charge in [-0.2, -0.15) is 0 Å². The minimum atomic E-state index is -0.458. The predicted octanol–water partition coefficient (Wildman–Crippen LogP) is 1.88. The molecule has 1 rings (SSSR count). The number of rotatable bonds is 3. The first kappa shape index (κ1) is 13.7. The van der Waals surface area contributed by atoms with Gasteiger partial charge in [0, 0.05) is 0 Å². The average Bonchev–Trinajstić information content (AvgIpc) is 2.55. The highest BCUT2D eigenvalue weighted by Crippen LogP contribution is 2.21. The number of esters is 1. The van der Waals surface area contributed by atoms with Crippen molar-refractivity contribution in [1.29, 1.82) is 0 Å². The van der Waals surface area contributed by atoms with Gasteiger partial charge in [0.15, 0.2) is 0 Å². The molecule has 0 aromatic carbocycles. The minimum Gasteiger partial charge on any atom is -0.461 e. The molecule has 0 bridgehead atoms. The summed E-state index contributed by atoms with van der Waals surface area (Å²) in [6.07, 6.45) is 4.51. The standard InChI is InChI=1S/C10H19NO2.ClH/c1-7(2)9(11)10(12)13-8-5-3-4-6-8;/h7-9H,3-6,11H2,1-2H3;1H. The topological polar surface area (TPSA) is 52.3 Å². The van der Waals surface area contributed by atoms with Crippen LogP contribution >= 0.6 is 12.4 Å². The minimum absolute atomic E-state index is 0. The molecule has 14 heavy (non-hydrogen) atoms. The Kier molecular flexibility index (Phi) is 6.12. The van der Waals surface area contributed by atoms with Gasteiger partial charge in [-0.3, -0.25) is 4.79 Å². The smallest absolute Gasteiger partial charge is 0.323 e. The summed E-state index contributed by atoms with van der Waals surface area (Å²) in [6.45, 7) is 3.86. The van der Waals surface area contributed by atoms with E-state index in [0.29, 0.717) is 0 Å². The Bertz CT molecular complexity index is 179. The molecule has 1 aliphatic carbocycles. The summed E-state index contributed by atoms with van der Waals surface area (Å²) in [4.78, 5) is 11.4. The molecule has 0 aromatic rings. The van der Waals surface area contributed by atoms with Crippen LogP contribution in [0.2, 0.25) is 0 Å². The monoisotopic (exact) mass is 221 g/mol. The predicted molar refractivity (Wildman–Crippen MR) is 58.4 cm³/mol. The molecule has 0 aromatic heterocycles. The third-order valence-electron chi connectivity index (χ3n) is 2.58. The van der Waals surface area contributed by atoms with Gasteiger partial charge in [0.2, 0.25) is 0 Å². The Morgan fingerprint density at radius 2 is 1.86 bits per heavy atom. The summed E-state index contributed by atoms with van der Waals surface area (Å²) >= 11 is 0. The van der Waals surface area contributed by atoms with Gasteiger partial charge in [-0.25, -0.2) is 0 Å². The molecule has 0 saturated heterocycles. The van der Waals surface area contributed by atoms with Crippen LogP contribution in [0, 0.1) is 5.92 Å². The van der Waals surface area contributed by atoms with Crippen molar-refractivity contribution in [2.24, 2.45) is 11.7 Å². The van der Waals surface area contributed by atoms with E-state index in [1.165, 1.54) is 12.8 Å². The number of carbonyl (C=O) groups excluding carboxylic acids is 1. The zero-order valence-corrected chi connectivity index (χ0v) is 9.68. The molecule has 0 aliphatic heterocycles. The Morgan fingerprint density at radius 1 is 1.36 bits per heavy atom. The molecule has 0 heterocycles. The molecule has 3 nitrogen and oxygen atoms in total. The lowest BCUT2D eigenvalue weighted by Crippen LogP contribution is -2.38. The van der Waals surface area contributed by atoms with Gasteiger partial charge in [0.05, 0.1) is 0 Å². The summed E-state index contributed by atoms with van der Waals surface area (Å²) in [5.41, 5.74) is 5.66. The molecular formula is C10H20ClNO2. The van der Waals surface area contributed by atoms with E-state index in [0.717, 1.165) is 12.8 Å². The van der Waals surface area contributed by atoms with Gasteiger partial charge in [0.1, 0.15) is 12.1 Å². The molecule has 84 valence electrons. The van der Waals surface area contributed by atoms with Gasteiger partial charge in [-0.1, -0.05) is 13.8 Å². The van der Waals surface area contributed by atoms with E-state index in [9.17, 15) is 4.79 Å². The first-order valence-corrected chi connectivity index (χ1v) is 5.07. The van der Waals surface area contributed by atoms with E-state index in [1.54, 1.807) is 0 Å². The van der Waals surface area contributed by atoms with Crippen molar-refractivity contribution in [3.63, 3.8) is 0 Å². The number of hydrogen-bond donors (Lipinski definition) is 1. The molecule has 0 radical (unpaired) electrons. The largest absolute Gasteiger partial charge is 0.461 e. The Balaban J connectivity index is 0.00000169. The van der Waals surface area contributed by atoms with E-state index in [1.807, 2.05) is 13.8 Å². The van der Waals surface area contributed by atoms with Crippen molar-refractivity contribution in [3.8, 4) is 0 Å². The molecule has 0 amide bonds. The van der Waals surface area contributed by atoms with Gasteiger partial charge >= 0.3 is 5.97 Å². The van der Waals surface area contributed by atoms with Crippen LogP contribution in [0.15, 0.2) is 0 Å². The lowest BCUT2D eigenvalue weighted by atomic mass is 10.1. The zero-order valence-electron chi connectivity index (χ0n) is 8.86. The third-order valence-corrected chi connectivity index (χ3v) is 2.58.